The lowest BCUT2D eigenvalue weighted by Crippen LogP contribution is -2.59. The van der Waals surface area contributed by atoms with Crippen LogP contribution in [0.15, 0.2) is 24.3 Å². The van der Waals surface area contributed by atoms with Gasteiger partial charge in [-0.25, -0.2) is 4.79 Å². The topological polar surface area (TPSA) is 122 Å². The number of aliphatic hydroxyl groups is 1. The average Bonchev–Trinajstić information content (AvgIpc) is 2.91. The van der Waals surface area contributed by atoms with Gasteiger partial charge in [-0.1, -0.05) is 0 Å². The van der Waals surface area contributed by atoms with E-state index in [0.29, 0.717) is 18.4 Å². The second kappa shape index (κ2) is 6.44. The van der Waals surface area contributed by atoms with Crippen molar-refractivity contribution >= 4 is 17.7 Å². The summed E-state index contributed by atoms with van der Waals surface area (Å²) in [6, 6.07) is 5.30. The number of non-ortho nitro benzene ring substituents is 1. The molecule has 9 heteroatoms. The molecule has 2 N–H and O–H groups in total. The molecule has 1 aromatic rings. The molecule has 9 nitrogen and oxygen atoms in total. The Balaban J connectivity index is 1.57. The number of amides is 2. The molecule has 2 aliphatic heterocycles. The van der Waals surface area contributed by atoms with Crippen molar-refractivity contribution in [2.75, 3.05) is 6.54 Å². The molecule has 24 heavy (non-hydrogen) atoms. The van der Waals surface area contributed by atoms with Gasteiger partial charge in [-0.2, -0.15) is 0 Å². The Bertz CT molecular complexity index is 654. The number of hydrogen-bond acceptors (Lipinski definition) is 6. The maximum atomic E-state index is 12.2. The zero-order chi connectivity index (χ0) is 17.3. The molecule has 0 aromatic heterocycles. The number of nitro groups is 1. The van der Waals surface area contributed by atoms with Gasteiger partial charge in [-0.05, 0) is 24.1 Å². The van der Waals surface area contributed by atoms with Crippen molar-refractivity contribution in [3.8, 4) is 0 Å². The van der Waals surface area contributed by atoms with E-state index in [2.05, 4.69) is 5.32 Å². The number of benzene rings is 1. The fraction of sp³-hybridized carbons (Fsp3) is 0.467. The largest absolute Gasteiger partial charge is 0.445 e. The molecule has 2 heterocycles. The summed E-state index contributed by atoms with van der Waals surface area (Å²) in [7, 11) is 0. The van der Waals surface area contributed by atoms with Crippen molar-refractivity contribution in [3.05, 3.63) is 39.9 Å². The summed E-state index contributed by atoms with van der Waals surface area (Å²) < 4.78 is 5.23. The Kier molecular flexibility index (Phi) is 4.34. The van der Waals surface area contributed by atoms with Crippen LogP contribution in [0.2, 0.25) is 0 Å². The van der Waals surface area contributed by atoms with E-state index in [1.165, 1.54) is 29.2 Å². The molecule has 0 saturated carbocycles. The van der Waals surface area contributed by atoms with Gasteiger partial charge in [0, 0.05) is 18.6 Å². The molecule has 3 atom stereocenters. The molecular weight excluding hydrogens is 318 g/mol. The van der Waals surface area contributed by atoms with Gasteiger partial charge < -0.3 is 20.1 Å². The predicted octanol–water partition coefficient (Wildman–Crippen LogP) is 0.555. The lowest BCUT2D eigenvalue weighted by Gasteiger charge is -2.36. The van der Waals surface area contributed by atoms with Crippen LogP contribution in [0.3, 0.4) is 0 Å². The number of ether oxygens (including phenoxy) is 1. The SMILES string of the molecule is O=C1CC([C@@H]2C[C@@H](O)CN2C(=O)OCc2ccc([N+](=O)[O-])cc2)N1. The van der Waals surface area contributed by atoms with Gasteiger partial charge in [-0.15, -0.1) is 0 Å². The first-order valence-corrected chi connectivity index (χ1v) is 7.58. The number of nitrogens with one attached hydrogen (secondary N) is 1. The van der Waals surface area contributed by atoms with Crippen LogP contribution in [-0.4, -0.2) is 51.7 Å². The molecule has 3 rings (SSSR count). The Hall–Kier alpha value is -2.68. The number of likely N-dealkylation sites (tertiary alicyclic amines) is 1. The van der Waals surface area contributed by atoms with E-state index in [1.807, 2.05) is 0 Å². The summed E-state index contributed by atoms with van der Waals surface area (Å²) in [4.78, 5) is 34.8. The summed E-state index contributed by atoms with van der Waals surface area (Å²) in [6.45, 7) is 0.142. The van der Waals surface area contributed by atoms with Gasteiger partial charge in [0.2, 0.25) is 5.91 Å². The van der Waals surface area contributed by atoms with E-state index in [4.69, 9.17) is 4.74 Å². The summed E-state index contributed by atoms with van der Waals surface area (Å²) in [5, 5.41) is 23.1. The van der Waals surface area contributed by atoms with E-state index in [9.17, 15) is 24.8 Å². The average molecular weight is 335 g/mol. The van der Waals surface area contributed by atoms with Gasteiger partial charge in [0.25, 0.3) is 5.69 Å². The summed E-state index contributed by atoms with van der Waals surface area (Å²) in [6.07, 6.45) is -0.475. The maximum absolute atomic E-state index is 12.2. The minimum absolute atomic E-state index is 0.0207. The van der Waals surface area contributed by atoms with Gasteiger partial charge in [-0.3, -0.25) is 14.9 Å². The highest BCUT2D eigenvalue weighted by Crippen LogP contribution is 2.26. The second-order valence-electron chi connectivity index (χ2n) is 5.97. The molecule has 128 valence electrons. The number of nitro benzene ring substituents is 1. The van der Waals surface area contributed by atoms with E-state index in [-0.39, 0.29) is 36.8 Å². The molecule has 0 spiro atoms. The molecule has 2 amide bonds. The lowest BCUT2D eigenvalue weighted by atomic mass is 9.95. The number of carbonyl (C=O) groups is 2. The minimum Gasteiger partial charge on any atom is -0.445 e. The van der Waals surface area contributed by atoms with Gasteiger partial charge >= 0.3 is 6.09 Å². The summed E-state index contributed by atoms with van der Waals surface area (Å²) in [5.41, 5.74) is 0.593. The van der Waals surface area contributed by atoms with Crippen LogP contribution >= 0.6 is 0 Å². The van der Waals surface area contributed by atoms with E-state index >= 15 is 0 Å². The van der Waals surface area contributed by atoms with Crippen molar-refractivity contribution in [3.63, 3.8) is 0 Å². The first kappa shape index (κ1) is 16.2. The third-order valence-corrected chi connectivity index (χ3v) is 4.28. The predicted molar refractivity (Wildman–Crippen MR) is 80.9 cm³/mol. The molecule has 0 radical (unpaired) electrons. The highest BCUT2D eigenvalue weighted by Gasteiger charge is 2.44. The van der Waals surface area contributed by atoms with Crippen LogP contribution in [0.1, 0.15) is 18.4 Å². The first-order chi connectivity index (χ1) is 11.4. The van der Waals surface area contributed by atoms with Crippen LogP contribution in [0.5, 0.6) is 0 Å². The quantitative estimate of drug-likeness (QED) is 0.471. The van der Waals surface area contributed by atoms with Crippen molar-refractivity contribution < 1.29 is 24.4 Å². The number of carbonyl (C=O) groups excluding carboxylic acids is 2. The Morgan fingerprint density at radius 3 is 2.67 bits per heavy atom. The van der Waals surface area contributed by atoms with E-state index in [1.54, 1.807) is 0 Å². The molecular formula is C15H17N3O6. The highest BCUT2D eigenvalue weighted by molar-refractivity contribution is 5.83. The van der Waals surface area contributed by atoms with Crippen molar-refractivity contribution in [2.24, 2.45) is 0 Å². The zero-order valence-corrected chi connectivity index (χ0v) is 12.8. The third kappa shape index (κ3) is 3.30. The Labute approximate surface area is 137 Å². The van der Waals surface area contributed by atoms with Crippen molar-refractivity contribution in [1.29, 1.82) is 0 Å². The lowest BCUT2D eigenvalue weighted by molar-refractivity contribution is -0.384. The smallest absolute Gasteiger partial charge is 0.410 e. The van der Waals surface area contributed by atoms with Gasteiger partial charge in [0.15, 0.2) is 0 Å². The number of nitrogens with zero attached hydrogens (tertiary/aromatic N) is 2. The van der Waals surface area contributed by atoms with Crippen molar-refractivity contribution in [2.45, 2.75) is 37.6 Å². The first-order valence-electron chi connectivity index (χ1n) is 7.58. The molecule has 2 saturated heterocycles. The highest BCUT2D eigenvalue weighted by atomic mass is 16.6. The standard InChI is InChI=1S/C15H17N3O6/c19-11-5-13(12-6-14(20)16-12)17(7-11)15(21)24-8-9-1-3-10(4-2-9)18(22)23/h1-4,11-13,19H,5-8H2,(H,16,20)/t11-,12?,13+/m1/s1. The minimum atomic E-state index is -0.639. The Morgan fingerprint density at radius 1 is 1.42 bits per heavy atom. The number of hydrogen-bond donors (Lipinski definition) is 2. The molecule has 2 aliphatic rings. The monoisotopic (exact) mass is 335 g/mol. The molecule has 0 bridgehead atoms. The number of aliphatic hydroxyl groups excluding tert-OH is 1. The third-order valence-electron chi connectivity index (χ3n) is 4.28. The van der Waals surface area contributed by atoms with Crippen LogP contribution in [0.4, 0.5) is 10.5 Å². The number of rotatable bonds is 4. The van der Waals surface area contributed by atoms with Crippen LogP contribution < -0.4 is 5.32 Å². The zero-order valence-electron chi connectivity index (χ0n) is 12.8. The molecule has 1 unspecified atom stereocenters. The number of β-lactam (4-membered cyclic amide) rings is 1. The van der Waals surface area contributed by atoms with Crippen molar-refractivity contribution in [1.82, 2.24) is 10.2 Å². The Morgan fingerprint density at radius 2 is 2.08 bits per heavy atom. The van der Waals surface area contributed by atoms with Crippen LogP contribution in [0.25, 0.3) is 0 Å². The van der Waals surface area contributed by atoms with Gasteiger partial charge in [0.1, 0.15) is 6.61 Å². The van der Waals surface area contributed by atoms with Gasteiger partial charge in [0.05, 0.1) is 29.7 Å². The van der Waals surface area contributed by atoms with E-state index < -0.39 is 17.1 Å². The maximum Gasteiger partial charge on any atom is 0.410 e. The second-order valence-corrected chi connectivity index (χ2v) is 5.97. The van der Waals surface area contributed by atoms with Crippen LogP contribution in [-0.2, 0) is 16.1 Å². The normalized spacial score (nSPS) is 25.8. The fourth-order valence-corrected chi connectivity index (χ4v) is 2.99. The number of β-amino-alcohol motifs (C(OH)–C–C–N with tert-alkyl or cyclic N) is 1. The summed E-state index contributed by atoms with van der Waals surface area (Å²) in [5.74, 6) is -0.0689. The molecule has 2 fully saturated rings. The fourth-order valence-electron chi connectivity index (χ4n) is 2.99. The van der Waals surface area contributed by atoms with Crippen LogP contribution in [0, 0.1) is 10.1 Å². The molecule has 0 aliphatic carbocycles. The van der Waals surface area contributed by atoms with E-state index in [0.717, 1.165) is 0 Å². The summed E-state index contributed by atoms with van der Waals surface area (Å²) >= 11 is 0. The molecule has 1 aromatic carbocycles.